The van der Waals surface area contributed by atoms with Gasteiger partial charge in [-0.1, -0.05) is 6.07 Å². The van der Waals surface area contributed by atoms with Crippen LogP contribution in [-0.4, -0.2) is 59.6 Å². The molecule has 1 aliphatic heterocycles. The van der Waals surface area contributed by atoms with Crippen molar-refractivity contribution < 1.29 is 8.42 Å². The van der Waals surface area contributed by atoms with Gasteiger partial charge in [-0.15, -0.1) is 0 Å². The Morgan fingerprint density at radius 1 is 1.29 bits per heavy atom. The van der Waals surface area contributed by atoms with Gasteiger partial charge in [0.2, 0.25) is 10.0 Å². The second-order valence-corrected chi connectivity index (χ2v) is 11.8. The monoisotopic (exact) mass is 495 g/mol. The maximum absolute atomic E-state index is 12.9. The molecule has 3 heterocycles. The van der Waals surface area contributed by atoms with Crippen LogP contribution in [0.5, 0.6) is 0 Å². The molecular formula is C24H29N7O3S. The third kappa shape index (κ3) is 3.82. The second-order valence-electron chi connectivity index (χ2n) is 9.79. The van der Waals surface area contributed by atoms with Crippen molar-refractivity contribution in [2.45, 2.75) is 55.1 Å². The first-order chi connectivity index (χ1) is 16.7. The molecule has 35 heavy (non-hydrogen) atoms. The van der Waals surface area contributed by atoms with Crippen molar-refractivity contribution in [2.75, 3.05) is 26.5 Å². The van der Waals surface area contributed by atoms with E-state index in [1.807, 2.05) is 10.7 Å². The molecule has 10 nitrogen and oxygen atoms in total. The number of nitrogens with one attached hydrogen (secondary N) is 2. The highest BCUT2D eigenvalue weighted by Crippen LogP contribution is 2.41. The summed E-state index contributed by atoms with van der Waals surface area (Å²) < 4.78 is 28.5. The number of nitriles is 1. The number of sulfonamides is 1. The normalized spacial score (nSPS) is 23.9. The summed E-state index contributed by atoms with van der Waals surface area (Å²) in [4.78, 5) is 18.1. The van der Waals surface area contributed by atoms with E-state index in [-0.39, 0.29) is 10.5 Å². The zero-order valence-corrected chi connectivity index (χ0v) is 20.9. The Hall–Kier alpha value is -3.20. The van der Waals surface area contributed by atoms with Crippen LogP contribution in [0.3, 0.4) is 0 Å². The Morgan fingerprint density at radius 3 is 2.71 bits per heavy atom. The SMILES string of the molecule is CN(C)C1CCC(CC#N)(n2nc(Nc3ccc4c(c3)S(=O)(=O)N(C)C4)c3c(=O)[nH]ccc32)CC1. The van der Waals surface area contributed by atoms with Gasteiger partial charge in [-0.2, -0.15) is 14.7 Å². The lowest BCUT2D eigenvalue weighted by molar-refractivity contribution is 0.119. The third-order valence-electron chi connectivity index (χ3n) is 7.49. The minimum absolute atomic E-state index is 0.255. The molecule has 1 fully saturated rings. The van der Waals surface area contributed by atoms with Crippen LogP contribution in [0.15, 0.2) is 40.2 Å². The van der Waals surface area contributed by atoms with E-state index >= 15 is 0 Å². The number of anilines is 2. The number of hydrogen-bond acceptors (Lipinski definition) is 7. The minimum Gasteiger partial charge on any atom is -0.338 e. The standard InChI is InChI=1S/C24H29N7O3S/c1-29(2)18-6-9-24(10-7-18,11-12-25)31-19-8-13-26-23(32)21(19)22(28-31)27-17-5-4-16-15-30(3)35(33,34)20(16)14-17/h4-5,8,13-14,18H,6-7,9-11,15H2,1-3H3,(H,26,32)(H,27,28). The van der Waals surface area contributed by atoms with Crippen LogP contribution in [0, 0.1) is 11.3 Å². The number of pyridine rings is 1. The molecule has 1 aromatic carbocycles. The summed E-state index contributed by atoms with van der Waals surface area (Å²) >= 11 is 0. The highest BCUT2D eigenvalue weighted by Gasteiger charge is 2.40. The van der Waals surface area contributed by atoms with E-state index < -0.39 is 15.6 Å². The largest absolute Gasteiger partial charge is 0.338 e. The lowest BCUT2D eigenvalue weighted by Crippen LogP contribution is -2.43. The maximum atomic E-state index is 12.9. The number of H-pyrrole nitrogens is 1. The number of hydrogen-bond donors (Lipinski definition) is 2. The summed E-state index contributed by atoms with van der Waals surface area (Å²) in [6.45, 7) is 0.333. The van der Waals surface area contributed by atoms with Crippen LogP contribution in [0.25, 0.3) is 10.9 Å². The summed E-state index contributed by atoms with van der Waals surface area (Å²) in [5.74, 6) is 0.345. The molecule has 0 radical (unpaired) electrons. The molecule has 1 saturated carbocycles. The van der Waals surface area contributed by atoms with E-state index in [1.165, 1.54) is 4.31 Å². The first-order valence-electron chi connectivity index (χ1n) is 11.7. The minimum atomic E-state index is -3.53. The van der Waals surface area contributed by atoms with Crippen molar-refractivity contribution in [1.29, 1.82) is 5.26 Å². The molecule has 3 aromatic rings. The first-order valence-corrected chi connectivity index (χ1v) is 13.1. The fraction of sp³-hybridized carbons (Fsp3) is 0.458. The predicted molar refractivity (Wildman–Crippen MR) is 133 cm³/mol. The van der Waals surface area contributed by atoms with Crippen molar-refractivity contribution in [1.82, 2.24) is 24.0 Å². The average Bonchev–Trinajstić information content (AvgIpc) is 3.30. The molecule has 0 spiro atoms. The average molecular weight is 496 g/mol. The fourth-order valence-corrected chi connectivity index (χ4v) is 6.81. The van der Waals surface area contributed by atoms with E-state index in [9.17, 15) is 18.5 Å². The Labute approximate surface area is 204 Å². The Bertz CT molecular complexity index is 1490. The summed E-state index contributed by atoms with van der Waals surface area (Å²) in [5.41, 5.74) is 1.11. The summed E-state index contributed by atoms with van der Waals surface area (Å²) in [7, 11) is 2.16. The number of benzene rings is 1. The van der Waals surface area contributed by atoms with Crippen molar-refractivity contribution in [2.24, 2.45) is 0 Å². The van der Waals surface area contributed by atoms with Crippen LogP contribution in [0.2, 0.25) is 0 Å². The molecule has 2 aromatic heterocycles. The highest BCUT2D eigenvalue weighted by atomic mass is 32.2. The van der Waals surface area contributed by atoms with Crippen molar-refractivity contribution in [3.05, 3.63) is 46.4 Å². The molecule has 0 saturated heterocycles. The third-order valence-corrected chi connectivity index (χ3v) is 9.37. The van der Waals surface area contributed by atoms with Crippen LogP contribution in [0.1, 0.15) is 37.7 Å². The smallest absolute Gasteiger partial charge is 0.261 e. The van der Waals surface area contributed by atoms with E-state index in [0.29, 0.717) is 41.4 Å². The van der Waals surface area contributed by atoms with Crippen LogP contribution in [-0.2, 0) is 22.1 Å². The maximum Gasteiger partial charge on any atom is 0.261 e. The van der Waals surface area contributed by atoms with Crippen LogP contribution < -0.4 is 10.9 Å². The summed E-state index contributed by atoms with van der Waals surface area (Å²) in [6, 6.07) is 9.76. The van der Waals surface area contributed by atoms with Gasteiger partial charge in [-0.05, 0) is 63.5 Å². The summed E-state index contributed by atoms with van der Waals surface area (Å²) in [5, 5.41) is 18.1. The molecule has 0 amide bonds. The quantitative estimate of drug-likeness (QED) is 0.557. The van der Waals surface area contributed by atoms with Gasteiger partial charge in [-0.3, -0.25) is 9.48 Å². The predicted octanol–water partition coefficient (Wildman–Crippen LogP) is 2.72. The lowest BCUT2D eigenvalue weighted by Gasteiger charge is -2.41. The molecule has 1 aliphatic carbocycles. The van der Waals surface area contributed by atoms with Crippen LogP contribution in [0.4, 0.5) is 11.5 Å². The highest BCUT2D eigenvalue weighted by molar-refractivity contribution is 7.89. The number of aromatic nitrogens is 3. The van der Waals surface area contributed by atoms with Gasteiger partial charge in [0, 0.05) is 31.5 Å². The van der Waals surface area contributed by atoms with Gasteiger partial charge in [-0.25, -0.2) is 8.42 Å². The Balaban J connectivity index is 1.59. The fourth-order valence-electron chi connectivity index (χ4n) is 5.43. The Kier molecular flexibility index (Phi) is 5.70. The molecule has 0 bridgehead atoms. The molecule has 2 N–H and O–H groups in total. The van der Waals surface area contributed by atoms with Gasteiger partial charge in [0.05, 0.1) is 28.4 Å². The number of nitrogens with zero attached hydrogens (tertiary/aromatic N) is 5. The molecule has 5 rings (SSSR count). The van der Waals surface area contributed by atoms with Crippen LogP contribution >= 0.6 is 0 Å². The Morgan fingerprint density at radius 2 is 2.03 bits per heavy atom. The van der Waals surface area contributed by atoms with Gasteiger partial charge >= 0.3 is 0 Å². The molecule has 2 aliphatic rings. The van der Waals surface area contributed by atoms with Gasteiger partial charge < -0.3 is 15.2 Å². The van der Waals surface area contributed by atoms with Crippen molar-refractivity contribution in [3.8, 4) is 6.07 Å². The molecule has 11 heteroatoms. The number of rotatable bonds is 5. The second kappa shape index (κ2) is 8.48. The molecule has 0 atom stereocenters. The first kappa shape index (κ1) is 23.5. The molecule has 0 unspecified atom stereocenters. The number of aromatic amines is 1. The summed E-state index contributed by atoms with van der Waals surface area (Å²) in [6.07, 6.45) is 5.29. The lowest BCUT2D eigenvalue weighted by atomic mass is 9.77. The molecular weight excluding hydrogens is 466 g/mol. The van der Waals surface area contributed by atoms with E-state index in [0.717, 1.165) is 31.2 Å². The zero-order valence-electron chi connectivity index (χ0n) is 20.1. The molecule has 184 valence electrons. The van der Waals surface area contributed by atoms with E-state index in [4.69, 9.17) is 5.10 Å². The van der Waals surface area contributed by atoms with E-state index in [2.05, 4.69) is 35.4 Å². The van der Waals surface area contributed by atoms with Gasteiger partial charge in [0.25, 0.3) is 5.56 Å². The van der Waals surface area contributed by atoms with Crippen molar-refractivity contribution in [3.63, 3.8) is 0 Å². The number of fused-ring (bicyclic) bond motifs is 2. The van der Waals surface area contributed by atoms with Crippen molar-refractivity contribution >= 4 is 32.4 Å². The van der Waals surface area contributed by atoms with E-state index in [1.54, 1.807) is 31.4 Å². The zero-order chi connectivity index (χ0) is 25.0. The van der Waals surface area contributed by atoms with Gasteiger partial charge in [0.15, 0.2) is 5.82 Å². The topological polar surface area (TPSA) is 127 Å². The van der Waals surface area contributed by atoms with Gasteiger partial charge in [0.1, 0.15) is 5.39 Å².